The molecule has 1 fully saturated rings. The Bertz CT molecular complexity index is 2020. The number of benzene rings is 3. The molecule has 3 aliphatic heterocycles. The number of rotatable bonds is 3. The number of para-hydroxylation sites is 1. The van der Waals surface area contributed by atoms with Crippen molar-refractivity contribution in [1.82, 2.24) is 25.1 Å². The third kappa shape index (κ3) is 6.39. The van der Waals surface area contributed by atoms with E-state index in [1.165, 1.54) is 6.20 Å². The lowest BCUT2D eigenvalue weighted by Crippen LogP contribution is -2.45. The molecule has 3 amide bonds. The lowest BCUT2D eigenvalue weighted by Gasteiger charge is -2.22. The monoisotopic (exact) mass is 645 g/mol. The van der Waals surface area contributed by atoms with Gasteiger partial charge in [-0.25, -0.2) is 0 Å². The fourth-order valence-corrected chi connectivity index (χ4v) is 6.33. The largest absolute Gasteiger partial charge is 0.496 e. The lowest BCUT2D eigenvalue weighted by atomic mass is 10.1. The number of methoxy groups -OCH3 is 1. The molecule has 3 aliphatic rings. The normalized spacial score (nSPS) is 17.9. The summed E-state index contributed by atoms with van der Waals surface area (Å²) in [4.78, 5) is 46.2. The van der Waals surface area contributed by atoms with E-state index in [0.717, 1.165) is 27.6 Å². The van der Waals surface area contributed by atoms with Crippen molar-refractivity contribution in [2.45, 2.75) is 25.1 Å². The zero-order valence-corrected chi connectivity index (χ0v) is 26.6. The summed E-state index contributed by atoms with van der Waals surface area (Å²) in [6.45, 7) is 0.600. The molecule has 5 heterocycles. The van der Waals surface area contributed by atoms with Crippen LogP contribution in [0.15, 0.2) is 91.4 Å². The van der Waals surface area contributed by atoms with Crippen molar-refractivity contribution in [2.24, 2.45) is 7.05 Å². The summed E-state index contributed by atoms with van der Waals surface area (Å²) >= 11 is 0. The summed E-state index contributed by atoms with van der Waals surface area (Å²) in [6.07, 6.45) is 4.84. The number of nitrogens with zero attached hydrogens (tertiary/aromatic N) is 3. The third-order valence-corrected chi connectivity index (χ3v) is 8.82. The van der Waals surface area contributed by atoms with Crippen molar-refractivity contribution in [3.05, 3.63) is 108 Å². The van der Waals surface area contributed by atoms with Gasteiger partial charge in [-0.2, -0.15) is 0 Å². The van der Waals surface area contributed by atoms with Crippen molar-refractivity contribution in [1.29, 1.82) is 0 Å². The summed E-state index contributed by atoms with van der Waals surface area (Å²) in [6, 6.07) is 21.9. The van der Waals surface area contributed by atoms with Crippen LogP contribution >= 0.6 is 0 Å². The summed E-state index contributed by atoms with van der Waals surface area (Å²) in [5.41, 5.74) is 4.60. The molecule has 2 N–H and O–H groups in total. The van der Waals surface area contributed by atoms with E-state index in [0.29, 0.717) is 28.4 Å². The number of hydrogen-bond donors (Lipinski definition) is 2. The number of pyridine rings is 1. The smallest absolute Gasteiger partial charge is 0.258 e. The minimum absolute atomic E-state index is 0.0586. The van der Waals surface area contributed by atoms with E-state index >= 15 is 0 Å². The quantitative estimate of drug-likeness (QED) is 0.305. The van der Waals surface area contributed by atoms with Crippen LogP contribution in [0.2, 0.25) is 0 Å². The van der Waals surface area contributed by atoms with Gasteiger partial charge in [0.1, 0.15) is 23.4 Å². The molecule has 11 nitrogen and oxygen atoms in total. The predicted molar refractivity (Wildman–Crippen MR) is 179 cm³/mol. The molecule has 2 aromatic heterocycles. The van der Waals surface area contributed by atoms with Crippen LogP contribution < -0.4 is 24.8 Å². The van der Waals surface area contributed by atoms with Gasteiger partial charge < -0.3 is 34.3 Å². The number of fused-ring (bicyclic) bond motifs is 8. The third-order valence-electron chi connectivity index (χ3n) is 8.82. The Morgan fingerprint density at radius 2 is 1.81 bits per heavy atom. The molecule has 2 atom stereocenters. The molecule has 0 saturated carbocycles. The molecule has 0 spiro atoms. The van der Waals surface area contributed by atoms with Crippen LogP contribution in [0, 0.1) is 0 Å². The Morgan fingerprint density at radius 3 is 2.69 bits per heavy atom. The SMILES string of the molecule is COc1cc2ccc1CNC(=O)COc1cccc(c1)-c1cncc(c1)C(=O)N[C@H]1CN(C(=O)Cc3cn(C)c4ccccc34)C[C@@H]1O2. The molecule has 0 radical (unpaired) electrons. The molecular weight excluding hydrogens is 610 g/mol. The van der Waals surface area contributed by atoms with E-state index in [4.69, 9.17) is 14.2 Å². The minimum atomic E-state index is -0.545. The van der Waals surface area contributed by atoms with Crippen LogP contribution in [0.5, 0.6) is 17.2 Å². The van der Waals surface area contributed by atoms with Crippen LogP contribution in [0.1, 0.15) is 21.5 Å². The first kappa shape index (κ1) is 30.8. The highest BCUT2D eigenvalue weighted by atomic mass is 16.5. The number of aromatic nitrogens is 2. The number of likely N-dealkylation sites (tertiary alicyclic amines) is 1. The van der Waals surface area contributed by atoms with Crippen LogP contribution in [0.3, 0.4) is 0 Å². The number of hydrogen-bond acceptors (Lipinski definition) is 7. The van der Waals surface area contributed by atoms with Gasteiger partial charge in [0.2, 0.25) is 5.91 Å². The van der Waals surface area contributed by atoms with Crippen molar-refractivity contribution in [3.63, 3.8) is 0 Å². The molecule has 8 rings (SSSR count). The van der Waals surface area contributed by atoms with Crippen LogP contribution in [0.4, 0.5) is 0 Å². The summed E-state index contributed by atoms with van der Waals surface area (Å²) < 4.78 is 19.9. The van der Waals surface area contributed by atoms with Crippen molar-refractivity contribution in [3.8, 4) is 28.4 Å². The zero-order valence-electron chi connectivity index (χ0n) is 26.6. The van der Waals surface area contributed by atoms with Gasteiger partial charge in [-0.05, 0) is 47.5 Å². The number of amides is 3. The second-order valence-electron chi connectivity index (χ2n) is 12.0. The molecule has 0 unspecified atom stereocenters. The Kier molecular flexibility index (Phi) is 8.41. The van der Waals surface area contributed by atoms with Gasteiger partial charge in [-0.1, -0.05) is 30.3 Å². The molecule has 6 bridgehead atoms. The maximum atomic E-state index is 13.7. The van der Waals surface area contributed by atoms with Crippen molar-refractivity contribution >= 4 is 28.6 Å². The number of ether oxygens (including phenoxy) is 3. The Morgan fingerprint density at radius 1 is 0.958 bits per heavy atom. The standard InChI is InChI=1S/C37H35N5O6/c1-41-19-27(30-8-3-4-9-32(30)41)14-36(44)42-20-31-34(21-42)48-29-11-10-24(33(15-29)46-2)18-39-35(43)22-47-28-7-5-6-23(13-28)25-12-26(17-38-16-25)37(45)40-31/h3-13,15-17,19,31,34H,14,18,20-22H2,1-2H3,(H,39,43)(H,40,45)/t31-,34-/m0/s1. The van der Waals surface area contributed by atoms with Crippen molar-refractivity contribution < 1.29 is 28.6 Å². The molecule has 3 aromatic carbocycles. The van der Waals surface area contributed by atoms with E-state index in [-0.39, 0.29) is 50.4 Å². The van der Waals surface area contributed by atoms with Crippen LogP contribution in [-0.2, 0) is 29.6 Å². The first-order valence-corrected chi connectivity index (χ1v) is 15.7. The highest BCUT2D eigenvalue weighted by molar-refractivity contribution is 5.95. The average Bonchev–Trinajstić information content (AvgIpc) is 3.65. The van der Waals surface area contributed by atoms with Gasteiger partial charge in [-0.3, -0.25) is 19.4 Å². The maximum absolute atomic E-state index is 13.7. The molecule has 48 heavy (non-hydrogen) atoms. The lowest BCUT2D eigenvalue weighted by molar-refractivity contribution is -0.129. The molecule has 0 aliphatic carbocycles. The Labute approximate surface area is 277 Å². The van der Waals surface area contributed by atoms with Crippen molar-refractivity contribution in [2.75, 3.05) is 26.8 Å². The Hall–Kier alpha value is -5.84. The Balaban J connectivity index is 1.20. The summed E-state index contributed by atoms with van der Waals surface area (Å²) in [5, 5.41) is 7.03. The van der Waals surface area contributed by atoms with Gasteiger partial charge in [0.05, 0.1) is 31.7 Å². The molecule has 5 aromatic rings. The fourth-order valence-electron chi connectivity index (χ4n) is 6.33. The maximum Gasteiger partial charge on any atom is 0.258 e. The van der Waals surface area contributed by atoms with E-state index in [2.05, 4.69) is 15.6 Å². The van der Waals surface area contributed by atoms with E-state index in [9.17, 15) is 14.4 Å². The van der Waals surface area contributed by atoms with E-state index < -0.39 is 12.1 Å². The number of aryl methyl sites for hydroxylation is 1. The second-order valence-corrected chi connectivity index (χ2v) is 12.0. The zero-order chi connectivity index (χ0) is 33.2. The molecule has 244 valence electrons. The van der Waals surface area contributed by atoms with Gasteiger partial charge in [0, 0.05) is 66.8 Å². The first-order valence-electron chi connectivity index (χ1n) is 15.7. The van der Waals surface area contributed by atoms with Crippen LogP contribution in [-0.4, -0.2) is 71.1 Å². The number of carbonyl (C=O) groups is 3. The highest BCUT2D eigenvalue weighted by Crippen LogP contribution is 2.29. The summed E-state index contributed by atoms with van der Waals surface area (Å²) in [7, 11) is 3.52. The molecular formula is C37H35N5O6. The van der Waals surface area contributed by atoms with Gasteiger partial charge in [0.15, 0.2) is 6.61 Å². The number of carbonyl (C=O) groups excluding carboxylic acids is 3. The average molecular weight is 646 g/mol. The van der Waals surface area contributed by atoms with Gasteiger partial charge in [0.25, 0.3) is 11.8 Å². The topological polar surface area (TPSA) is 124 Å². The van der Waals surface area contributed by atoms with E-state index in [1.807, 2.05) is 60.3 Å². The summed E-state index contributed by atoms with van der Waals surface area (Å²) in [5.74, 6) is 0.859. The van der Waals surface area contributed by atoms with Gasteiger partial charge >= 0.3 is 0 Å². The second kappa shape index (κ2) is 13.1. The first-order chi connectivity index (χ1) is 23.3. The fraction of sp³-hybridized carbons (Fsp3) is 0.243. The highest BCUT2D eigenvalue weighted by Gasteiger charge is 2.38. The predicted octanol–water partition coefficient (Wildman–Crippen LogP) is 3.89. The number of nitrogens with one attached hydrogen (secondary N) is 2. The molecule has 11 heteroatoms. The van der Waals surface area contributed by atoms with Crippen LogP contribution in [0.25, 0.3) is 22.0 Å². The minimum Gasteiger partial charge on any atom is -0.496 e. The molecule has 1 saturated heterocycles. The van der Waals surface area contributed by atoms with E-state index in [1.54, 1.807) is 48.5 Å². The van der Waals surface area contributed by atoms with Gasteiger partial charge in [-0.15, -0.1) is 0 Å².